The second kappa shape index (κ2) is 16.1. The lowest BCUT2D eigenvalue weighted by Gasteiger charge is -2.35. The maximum atomic E-state index is 13.7. The number of carbonyl (C=O) groups excluding carboxylic acids is 5. The standard InChI is InChI=1S/C35H45ClN4O6/c1-4-5-7-15-27(32(43)39-28(20-23-18-19-37-31(23)42)29(41)33(44)38-26-16-17-26)40-34(45)46-30(22-11-8-6-9-12-22)35(2,3)24-13-10-14-25(36)21-24/h6,8-14,21,23,26-28,30H,4-5,7,15-20H2,1-3H3,(H,37,42)(H,38,44)(H,39,43)(H,40,45)/t23-,27-,28-,30?/m0/s1. The first kappa shape index (κ1) is 34.9. The van der Waals surface area contributed by atoms with Crippen LogP contribution in [-0.4, -0.2) is 54.3 Å². The summed E-state index contributed by atoms with van der Waals surface area (Å²) in [5.41, 5.74) is 0.912. The molecule has 10 nitrogen and oxygen atoms in total. The number of halogens is 1. The van der Waals surface area contributed by atoms with Crippen LogP contribution in [0.3, 0.4) is 0 Å². The molecule has 4 atom stereocenters. The summed E-state index contributed by atoms with van der Waals surface area (Å²) in [7, 11) is 0. The number of carbonyl (C=O) groups is 5. The summed E-state index contributed by atoms with van der Waals surface area (Å²) in [6, 6.07) is 14.4. The summed E-state index contributed by atoms with van der Waals surface area (Å²) < 4.78 is 6.09. The summed E-state index contributed by atoms with van der Waals surface area (Å²) in [5.74, 6) is -2.93. The van der Waals surface area contributed by atoms with Gasteiger partial charge in [-0.2, -0.15) is 0 Å². The minimum atomic E-state index is -1.22. The molecule has 248 valence electrons. The molecule has 2 aromatic carbocycles. The van der Waals surface area contributed by atoms with E-state index in [9.17, 15) is 24.0 Å². The Labute approximate surface area is 275 Å². The molecule has 11 heteroatoms. The molecule has 2 aliphatic rings. The van der Waals surface area contributed by atoms with Gasteiger partial charge in [-0.25, -0.2) is 4.79 Å². The molecule has 4 amide bonds. The van der Waals surface area contributed by atoms with Crippen LogP contribution >= 0.6 is 11.6 Å². The van der Waals surface area contributed by atoms with Crippen molar-refractivity contribution in [2.45, 2.75) is 102 Å². The van der Waals surface area contributed by atoms with Crippen molar-refractivity contribution in [3.8, 4) is 0 Å². The third kappa shape index (κ3) is 9.55. The molecule has 46 heavy (non-hydrogen) atoms. The lowest BCUT2D eigenvalue weighted by molar-refractivity contribution is -0.141. The third-order valence-electron chi connectivity index (χ3n) is 8.71. The van der Waals surface area contributed by atoms with Crippen LogP contribution in [0.5, 0.6) is 0 Å². The van der Waals surface area contributed by atoms with E-state index in [1.54, 1.807) is 6.07 Å². The van der Waals surface area contributed by atoms with Gasteiger partial charge in [0.05, 0.1) is 6.04 Å². The van der Waals surface area contributed by atoms with Crippen molar-refractivity contribution in [3.05, 3.63) is 70.7 Å². The molecule has 1 aliphatic carbocycles. The van der Waals surface area contributed by atoms with Crippen LogP contribution in [0, 0.1) is 5.92 Å². The molecule has 2 aromatic rings. The van der Waals surface area contributed by atoms with Gasteiger partial charge in [0.25, 0.3) is 5.91 Å². The lowest BCUT2D eigenvalue weighted by atomic mass is 9.76. The van der Waals surface area contributed by atoms with Gasteiger partial charge < -0.3 is 26.0 Å². The third-order valence-corrected chi connectivity index (χ3v) is 8.94. The molecule has 1 unspecified atom stereocenters. The number of ketones is 1. The van der Waals surface area contributed by atoms with Gasteiger partial charge in [-0.3, -0.25) is 19.2 Å². The monoisotopic (exact) mass is 652 g/mol. The average molecular weight is 653 g/mol. The number of hydrogen-bond donors (Lipinski definition) is 4. The number of Topliss-reactive ketones (excluding diaryl/α,β-unsaturated/α-hetero) is 1. The first-order chi connectivity index (χ1) is 22.0. The minimum Gasteiger partial charge on any atom is -0.440 e. The molecule has 0 aromatic heterocycles. The summed E-state index contributed by atoms with van der Waals surface area (Å²) >= 11 is 6.31. The Hall–Kier alpha value is -3.92. The Morgan fingerprint density at radius 1 is 0.978 bits per heavy atom. The SMILES string of the molecule is CCCCC[C@H](NC(=O)OC(c1ccccc1)C(C)(C)c1cccc(Cl)c1)C(=O)N[C@@H](C[C@@H]1CCNC1=O)C(=O)C(=O)NC1CC1. The van der Waals surface area contributed by atoms with Crippen molar-refractivity contribution in [2.75, 3.05) is 6.54 Å². The van der Waals surface area contributed by atoms with Crippen molar-refractivity contribution < 1.29 is 28.7 Å². The fourth-order valence-electron chi connectivity index (χ4n) is 5.75. The predicted octanol–water partition coefficient (Wildman–Crippen LogP) is 4.89. The summed E-state index contributed by atoms with van der Waals surface area (Å²) in [6.45, 7) is 6.40. The molecular formula is C35H45ClN4O6. The van der Waals surface area contributed by atoms with Crippen molar-refractivity contribution in [2.24, 2.45) is 5.92 Å². The van der Waals surface area contributed by atoms with Crippen molar-refractivity contribution >= 4 is 41.2 Å². The molecule has 4 N–H and O–H groups in total. The van der Waals surface area contributed by atoms with Gasteiger partial charge in [0, 0.05) is 28.9 Å². The maximum absolute atomic E-state index is 13.7. The lowest BCUT2D eigenvalue weighted by Crippen LogP contribution is -2.55. The summed E-state index contributed by atoms with van der Waals surface area (Å²) in [6.07, 6.45) is 3.18. The quantitative estimate of drug-likeness (QED) is 0.150. The van der Waals surface area contributed by atoms with E-state index in [0.717, 1.165) is 36.8 Å². The highest BCUT2D eigenvalue weighted by molar-refractivity contribution is 6.38. The molecule has 1 saturated heterocycles. The number of benzene rings is 2. The number of nitrogens with one attached hydrogen (secondary N) is 4. The van der Waals surface area contributed by atoms with Gasteiger partial charge in [0.1, 0.15) is 12.1 Å². The first-order valence-corrected chi connectivity index (χ1v) is 16.6. The van der Waals surface area contributed by atoms with Gasteiger partial charge in [-0.15, -0.1) is 0 Å². The number of amides is 4. The molecule has 1 saturated carbocycles. The van der Waals surface area contributed by atoms with Crippen LogP contribution < -0.4 is 21.3 Å². The Bertz CT molecular complexity index is 1400. The Kier molecular flexibility index (Phi) is 12.2. The Balaban J connectivity index is 1.53. The fraction of sp³-hybridized carbons (Fsp3) is 0.514. The van der Waals surface area contributed by atoms with Gasteiger partial charge in [0.2, 0.25) is 17.6 Å². The van der Waals surface area contributed by atoms with E-state index in [-0.39, 0.29) is 18.4 Å². The van der Waals surface area contributed by atoms with E-state index in [1.165, 1.54) is 0 Å². The van der Waals surface area contributed by atoms with E-state index >= 15 is 0 Å². The highest BCUT2D eigenvalue weighted by Gasteiger charge is 2.39. The van der Waals surface area contributed by atoms with E-state index < -0.39 is 53.2 Å². The average Bonchev–Trinajstić information content (AvgIpc) is 3.76. The number of rotatable bonds is 16. The Morgan fingerprint density at radius 2 is 1.72 bits per heavy atom. The van der Waals surface area contributed by atoms with E-state index in [1.807, 2.05) is 69.3 Å². The number of alkyl carbamates (subject to hydrolysis) is 1. The zero-order chi connectivity index (χ0) is 33.3. The normalized spacial score (nSPS) is 18.1. The molecule has 0 radical (unpaired) electrons. The number of ether oxygens (including phenoxy) is 1. The van der Waals surface area contributed by atoms with Gasteiger partial charge in [0.15, 0.2) is 0 Å². The van der Waals surface area contributed by atoms with Crippen molar-refractivity contribution in [3.63, 3.8) is 0 Å². The molecule has 1 aliphatic heterocycles. The van der Waals surface area contributed by atoms with Crippen LogP contribution in [0.15, 0.2) is 54.6 Å². The van der Waals surface area contributed by atoms with Crippen molar-refractivity contribution in [1.82, 2.24) is 21.3 Å². The topological polar surface area (TPSA) is 143 Å². The van der Waals surface area contributed by atoms with E-state index in [0.29, 0.717) is 30.8 Å². The highest BCUT2D eigenvalue weighted by Crippen LogP contribution is 2.40. The first-order valence-electron chi connectivity index (χ1n) is 16.2. The van der Waals surface area contributed by atoms with Crippen LogP contribution in [0.2, 0.25) is 5.02 Å². The fourth-order valence-corrected chi connectivity index (χ4v) is 5.94. The number of unbranched alkanes of at least 4 members (excludes halogenated alkanes) is 2. The zero-order valence-corrected chi connectivity index (χ0v) is 27.5. The van der Waals surface area contributed by atoms with Crippen molar-refractivity contribution in [1.29, 1.82) is 0 Å². The maximum Gasteiger partial charge on any atom is 0.408 e. The van der Waals surface area contributed by atoms with Crippen LogP contribution in [-0.2, 0) is 29.3 Å². The van der Waals surface area contributed by atoms with Gasteiger partial charge in [-0.1, -0.05) is 94.1 Å². The molecule has 2 fully saturated rings. The van der Waals surface area contributed by atoms with Gasteiger partial charge >= 0.3 is 6.09 Å². The zero-order valence-electron chi connectivity index (χ0n) is 26.8. The molecular weight excluding hydrogens is 608 g/mol. The highest BCUT2D eigenvalue weighted by atomic mass is 35.5. The summed E-state index contributed by atoms with van der Waals surface area (Å²) in [5, 5.41) is 11.4. The molecule has 1 heterocycles. The van der Waals surface area contributed by atoms with E-state index in [4.69, 9.17) is 16.3 Å². The molecule has 0 bridgehead atoms. The second-order valence-corrected chi connectivity index (χ2v) is 13.2. The second-order valence-electron chi connectivity index (χ2n) is 12.8. The van der Waals surface area contributed by atoms with E-state index in [2.05, 4.69) is 21.3 Å². The van der Waals surface area contributed by atoms with Gasteiger partial charge in [-0.05, 0) is 55.4 Å². The molecule has 0 spiro atoms. The van der Waals surface area contributed by atoms with Crippen LogP contribution in [0.1, 0.15) is 89.4 Å². The largest absolute Gasteiger partial charge is 0.440 e. The van der Waals surface area contributed by atoms with Crippen LogP contribution in [0.25, 0.3) is 0 Å². The van der Waals surface area contributed by atoms with Crippen LogP contribution in [0.4, 0.5) is 4.79 Å². The predicted molar refractivity (Wildman–Crippen MR) is 175 cm³/mol. The minimum absolute atomic E-state index is 0.00940. The Morgan fingerprint density at radius 3 is 2.35 bits per heavy atom. The number of hydrogen-bond acceptors (Lipinski definition) is 6. The summed E-state index contributed by atoms with van der Waals surface area (Å²) in [4.78, 5) is 65.6. The molecule has 4 rings (SSSR count). The smallest absolute Gasteiger partial charge is 0.408 e.